The van der Waals surface area contributed by atoms with E-state index in [-0.39, 0.29) is 12.0 Å². The van der Waals surface area contributed by atoms with Crippen molar-refractivity contribution in [3.63, 3.8) is 0 Å². The zero-order valence-electron chi connectivity index (χ0n) is 16.4. The van der Waals surface area contributed by atoms with Crippen molar-refractivity contribution in [3.05, 3.63) is 35.5 Å². The minimum absolute atomic E-state index is 0.211. The van der Waals surface area contributed by atoms with Gasteiger partial charge in [-0.15, -0.1) is 5.10 Å². The third kappa shape index (κ3) is 4.42. The summed E-state index contributed by atoms with van der Waals surface area (Å²) in [6, 6.07) is 6.12. The summed E-state index contributed by atoms with van der Waals surface area (Å²) < 4.78 is 7.67. The first-order chi connectivity index (χ1) is 13.7. The number of amides is 1. The van der Waals surface area contributed by atoms with Crippen LogP contribution >= 0.6 is 0 Å². The molecular weight excluding hydrogens is 352 g/mol. The normalized spacial score (nSPS) is 19.5. The Labute approximate surface area is 165 Å². The van der Waals surface area contributed by atoms with Crippen LogP contribution in [0.5, 0.6) is 0 Å². The highest BCUT2D eigenvalue weighted by molar-refractivity contribution is 5.78. The molecule has 0 saturated carbocycles. The zero-order chi connectivity index (χ0) is 19.3. The lowest BCUT2D eigenvalue weighted by Gasteiger charge is -2.21. The Hall–Kier alpha value is -2.65. The van der Waals surface area contributed by atoms with Crippen LogP contribution in [0.3, 0.4) is 0 Å². The first-order valence-electron chi connectivity index (χ1n) is 10.1. The predicted molar refractivity (Wildman–Crippen MR) is 106 cm³/mol. The van der Waals surface area contributed by atoms with E-state index in [1.807, 2.05) is 27.9 Å². The fourth-order valence-electron chi connectivity index (χ4n) is 3.81. The van der Waals surface area contributed by atoms with E-state index in [9.17, 15) is 4.79 Å². The Morgan fingerprint density at radius 1 is 1.29 bits per heavy atom. The van der Waals surface area contributed by atoms with Gasteiger partial charge in [0.05, 0.1) is 25.4 Å². The van der Waals surface area contributed by atoms with Crippen molar-refractivity contribution in [1.29, 1.82) is 0 Å². The molecule has 2 saturated heterocycles. The molecule has 146 valence electrons. The first-order valence-corrected chi connectivity index (χ1v) is 10.1. The Balaban J connectivity index is 1.41. The number of benzene rings is 1. The van der Waals surface area contributed by atoms with Gasteiger partial charge >= 0.3 is 0 Å². The van der Waals surface area contributed by atoms with Gasteiger partial charge in [0.2, 0.25) is 5.91 Å². The van der Waals surface area contributed by atoms with Crippen LogP contribution in [0, 0.1) is 18.8 Å². The van der Waals surface area contributed by atoms with E-state index >= 15 is 0 Å². The molecule has 1 aromatic heterocycles. The van der Waals surface area contributed by atoms with Gasteiger partial charge in [0, 0.05) is 30.7 Å². The number of carbonyl (C=O) groups is 1. The molecule has 0 radical (unpaired) electrons. The minimum Gasteiger partial charge on any atom is -0.376 e. The summed E-state index contributed by atoms with van der Waals surface area (Å²) in [4.78, 5) is 13.5. The van der Waals surface area contributed by atoms with Gasteiger partial charge in [-0.3, -0.25) is 4.79 Å². The van der Waals surface area contributed by atoms with Crippen molar-refractivity contribution in [2.45, 2.75) is 51.7 Å². The van der Waals surface area contributed by atoms with Crippen LogP contribution in [0.4, 0.5) is 0 Å². The van der Waals surface area contributed by atoms with Gasteiger partial charge in [-0.05, 0) is 50.3 Å². The van der Waals surface area contributed by atoms with E-state index in [0.29, 0.717) is 13.0 Å². The van der Waals surface area contributed by atoms with Gasteiger partial charge in [-0.1, -0.05) is 23.1 Å². The molecule has 6 heteroatoms. The Kier molecular flexibility index (Phi) is 5.73. The van der Waals surface area contributed by atoms with Crippen molar-refractivity contribution in [2.24, 2.45) is 0 Å². The second-order valence-electron chi connectivity index (χ2n) is 7.56. The monoisotopic (exact) mass is 378 g/mol. The van der Waals surface area contributed by atoms with Crippen molar-refractivity contribution >= 4 is 5.91 Å². The third-order valence-corrected chi connectivity index (χ3v) is 5.38. The Morgan fingerprint density at radius 2 is 2.21 bits per heavy atom. The van der Waals surface area contributed by atoms with E-state index in [1.54, 1.807) is 0 Å². The largest absolute Gasteiger partial charge is 0.376 e. The number of nitrogens with zero attached hydrogens (tertiary/aromatic N) is 4. The molecule has 0 spiro atoms. The maximum absolute atomic E-state index is 11.6. The third-order valence-electron chi connectivity index (χ3n) is 5.38. The van der Waals surface area contributed by atoms with Gasteiger partial charge in [-0.2, -0.15) is 0 Å². The molecule has 0 aliphatic carbocycles. The fraction of sp³-hybridized carbons (Fsp3) is 0.500. The SMILES string of the molecule is Cc1cc(C#CCN2CCCC2=O)ccc1-c1cn(CC2CCCCO2)nn1. The Bertz CT molecular complexity index is 903. The number of aromatic nitrogens is 3. The average molecular weight is 378 g/mol. The molecule has 2 aromatic rings. The predicted octanol–water partition coefficient (Wildman–Crippen LogP) is 2.80. The molecule has 28 heavy (non-hydrogen) atoms. The molecule has 4 rings (SSSR count). The van der Waals surface area contributed by atoms with E-state index in [2.05, 4.69) is 35.1 Å². The number of rotatable bonds is 4. The van der Waals surface area contributed by atoms with Gasteiger partial charge in [0.1, 0.15) is 5.69 Å². The molecule has 6 nitrogen and oxygen atoms in total. The summed E-state index contributed by atoms with van der Waals surface area (Å²) in [5.41, 5.74) is 4.01. The van der Waals surface area contributed by atoms with Gasteiger partial charge < -0.3 is 9.64 Å². The molecule has 2 aliphatic heterocycles. The van der Waals surface area contributed by atoms with Crippen LogP contribution in [-0.4, -0.2) is 51.6 Å². The highest BCUT2D eigenvalue weighted by atomic mass is 16.5. The number of ether oxygens (including phenoxy) is 1. The zero-order valence-corrected chi connectivity index (χ0v) is 16.4. The maximum Gasteiger partial charge on any atom is 0.223 e. The van der Waals surface area contributed by atoms with Crippen molar-refractivity contribution in [1.82, 2.24) is 19.9 Å². The van der Waals surface area contributed by atoms with Gasteiger partial charge in [-0.25, -0.2) is 4.68 Å². The smallest absolute Gasteiger partial charge is 0.223 e. The van der Waals surface area contributed by atoms with Crippen molar-refractivity contribution in [2.75, 3.05) is 19.7 Å². The molecule has 1 aromatic carbocycles. The van der Waals surface area contributed by atoms with Crippen LogP contribution in [-0.2, 0) is 16.1 Å². The maximum atomic E-state index is 11.6. The quantitative estimate of drug-likeness (QED) is 0.768. The van der Waals surface area contributed by atoms with Crippen LogP contribution < -0.4 is 0 Å². The van der Waals surface area contributed by atoms with Gasteiger partial charge in [0.25, 0.3) is 0 Å². The number of hydrogen-bond acceptors (Lipinski definition) is 4. The van der Waals surface area contributed by atoms with E-state index in [4.69, 9.17) is 4.74 Å². The molecule has 0 bridgehead atoms. The molecule has 2 aliphatic rings. The summed E-state index contributed by atoms with van der Waals surface area (Å²) >= 11 is 0. The van der Waals surface area contributed by atoms with Crippen LogP contribution in [0.15, 0.2) is 24.4 Å². The standard InChI is InChI=1S/C22H26N4O2/c1-17-14-18(6-4-11-25-12-5-8-22(25)27)9-10-20(17)21-16-26(24-23-21)15-19-7-2-3-13-28-19/h9-10,14,16,19H,2-3,5,7-8,11-13,15H2,1H3. The molecule has 3 heterocycles. The average Bonchev–Trinajstić information content (AvgIpc) is 3.32. The summed E-state index contributed by atoms with van der Waals surface area (Å²) in [7, 11) is 0. The lowest BCUT2D eigenvalue weighted by atomic mass is 10.0. The molecule has 2 fully saturated rings. The summed E-state index contributed by atoms with van der Waals surface area (Å²) in [5, 5.41) is 8.61. The Morgan fingerprint density at radius 3 is 2.96 bits per heavy atom. The highest BCUT2D eigenvalue weighted by Gasteiger charge is 2.18. The van der Waals surface area contributed by atoms with E-state index in [1.165, 1.54) is 6.42 Å². The second-order valence-corrected chi connectivity index (χ2v) is 7.56. The fourth-order valence-corrected chi connectivity index (χ4v) is 3.81. The van der Waals surface area contributed by atoms with Crippen molar-refractivity contribution in [3.8, 4) is 23.1 Å². The van der Waals surface area contributed by atoms with E-state index < -0.39 is 0 Å². The van der Waals surface area contributed by atoms with Crippen LogP contribution in [0.1, 0.15) is 43.2 Å². The number of hydrogen-bond donors (Lipinski definition) is 0. The first kappa shape index (κ1) is 18.7. The second kappa shape index (κ2) is 8.57. The number of carbonyl (C=O) groups excluding carboxylic acids is 1. The van der Waals surface area contributed by atoms with Gasteiger partial charge in [0.15, 0.2) is 0 Å². The topological polar surface area (TPSA) is 60.2 Å². The molecule has 1 atom stereocenters. The summed E-state index contributed by atoms with van der Waals surface area (Å²) in [6.07, 6.45) is 7.30. The highest BCUT2D eigenvalue weighted by Crippen LogP contribution is 2.22. The van der Waals surface area contributed by atoms with Crippen LogP contribution in [0.2, 0.25) is 0 Å². The lowest BCUT2D eigenvalue weighted by molar-refractivity contribution is -0.127. The lowest BCUT2D eigenvalue weighted by Crippen LogP contribution is -2.24. The summed E-state index contributed by atoms with van der Waals surface area (Å²) in [6.45, 7) is 5.00. The number of aryl methyl sites for hydroxylation is 1. The van der Waals surface area contributed by atoms with Crippen molar-refractivity contribution < 1.29 is 9.53 Å². The summed E-state index contributed by atoms with van der Waals surface area (Å²) in [5.74, 6) is 6.50. The molecule has 1 unspecified atom stereocenters. The molecule has 0 N–H and O–H groups in total. The molecular formula is C22H26N4O2. The number of likely N-dealkylation sites (tertiary alicyclic amines) is 1. The van der Waals surface area contributed by atoms with E-state index in [0.717, 1.165) is 61.3 Å². The molecule has 1 amide bonds. The minimum atomic E-state index is 0.211. The van der Waals surface area contributed by atoms with Crippen LogP contribution in [0.25, 0.3) is 11.3 Å².